The number of halogens is 1. The molecule has 3 atom stereocenters. The van der Waals surface area contributed by atoms with Gasteiger partial charge in [-0.25, -0.2) is 4.39 Å². The van der Waals surface area contributed by atoms with Gasteiger partial charge in [0.1, 0.15) is 5.82 Å². The molecule has 1 aliphatic heterocycles. The molecule has 33 heavy (non-hydrogen) atoms. The van der Waals surface area contributed by atoms with Crippen LogP contribution < -0.4 is 5.32 Å². The largest absolute Gasteiger partial charge is 0.309 e. The number of nitrogens with zero attached hydrogens (tertiary/aromatic N) is 2. The Morgan fingerprint density at radius 2 is 1.52 bits per heavy atom. The minimum atomic E-state index is -0.209. The first-order valence-electron chi connectivity index (χ1n) is 11.5. The Balaban J connectivity index is 1.51. The summed E-state index contributed by atoms with van der Waals surface area (Å²) in [7, 11) is 0. The second kappa shape index (κ2) is 9.30. The average molecular weight is 441 g/mol. The summed E-state index contributed by atoms with van der Waals surface area (Å²) in [5.74, 6) is -0.209. The maximum atomic E-state index is 15.0. The summed E-state index contributed by atoms with van der Waals surface area (Å²) in [4.78, 5) is 2.46. The van der Waals surface area contributed by atoms with Crippen molar-refractivity contribution in [3.05, 3.63) is 102 Å². The van der Waals surface area contributed by atoms with E-state index in [1.165, 1.54) is 0 Å². The molecular weight excluding hydrogens is 411 g/mol. The van der Waals surface area contributed by atoms with Crippen LogP contribution in [-0.4, -0.2) is 40.3 Å². The van der Waals surface area contributed by atoms with E-state index in [0.29, 0.717) is 17.6 Å². The first kappa shape index (κ1) is 21.6. The quantitative estimate of drug-likeness (QED) is 0.421. The second-order valence-corrected chi connectivity index (χ2v) is 9.04. The fraction of sp³-hybridized carbons (Fsp3) is 0.250. The molecule has 3 aromatic carbocycles. The van der Waals surface area contributed by atoms with Crippen LogP contribution in [0.1, 0.15) is 31.0 Å². The highest BCUT2D eigenvalue weighted by molar-refractivity contribution is 5.71. The van der Waals surface area contributed by atoms with Gasteiger partial charge >= 0.3 is 0 Å². The Labute approximate surface area is 194 Å². The van der Waals surface area contributed by atoms with Crippen LogP contribution in [0.4, 0.5) is 4.39 Å². The van der Waals surface area contributed by atoms with Crippen molar-refractivity contribution in [1.82, 2.24) is 20.4 Å². The molecule has 2 N–H and O–H groups in total. The van der Waals surface area contributed by atoms with Gasteiger partial charge in [-0.2, -0.15) is 5.10 Å². The van der Waals surface area contributed by atoms with Crippen LogP contribution in [0.25, 0.3) is 22.3 Å². The molecule has 0 amide bonds. The molecule has 1 aliphatic rings. The number of hydrogen-bond donors (Lipinski definition) is 2. The van der Waals surface area contributed by atoms with Gasteiger partial charge in [-0.1, -0.05) is 60.7 Å². The number of aromatic amines is 1. The van der Waals surface area contributed by atoms with Crippen molar-refractivity contribution in [2.24, 2.45) is 0 Å². The number of rotatable bonds is 5. The number of hydrogen-bond acceptors (Lipinski definition) is 3. The average Bonchev–Trinajstić information content (AvgIpc) is 3.35. The van der Waals surface area contributed by atoms with E-state index in [4.69, 9.17) is 0 Å². The molecule has 5 rings (SSSR count). The van der Waals surface area contributed by atoms with Crippen LogP contribution in [-0.2, 0) is 0 Å². The van der Waals surface area contributed by atoms with Gasteiger partial charge in [-0.3, -0.25) is 10.00 Å². The lowest BCUT2D eigenvalue weighted by Gasteiger charge is -2.41. The SMILES string of the molecule is CC1CN(C(c2cn[nH]c2)c2ccc(F)c(-c3ccc(-c4ccccc4)cc3)c2)CC(C)N1. The second-order valence-electron chi connectivity index (χ2n) is 9.04. The van der Waals surface area contributed by atoms with Crippen molar-refractivity contribution in [3.8, 4) is 22.3 Å². The van der Waals surface area contributed by atoms with Gasteiger partial charge in [-0.15, -0.1) is 0 Å². The molecule has 0 bridgehead atoms. The molecule has 0 radical (unpaired) electrons. The van der Waals surface area contributed by atoms with Gasteiger partial charge in [0, 0.05) is 42.5 Å². The van der Waals surface area contributed by atoms with Crippen molar-refractivity contribution in [1.29, 1.82) is 0 Å². The molecule has 5 heteroatoms. The Morgan fingerprint density at radius 3 is 2.18 bits per heavy atom. The summed E-state index contributed by atoms with van der Waals surface area (Å²) < 4.78 is 15.0. The van der Waals surface area contributed by atoms with Gasteiger partial charge in [0.05, 0.1) is 12.2 Å². The highest BCUT2D eigenvalue weighted by Crippen LogP contribution is 2.34. The Morgan fingerprint density at radius 1 is 0.848 bits per heavy atom. The molecule has 4 aromatic rings. The van der Waals surface area contributed by atoms with Crippen molar-refractivity contribution in [3.63, 3.8) is 0 Å². The summed E-state index contributed by atoms with van der Waals surface area (Å²) in [5, 5.41) is 10.8. The molecule has 1 saturated heterocycles. The van der Waals surface area contributed by atoms with Gasteiger partial charge in [0.25, 0.3) is 0 Å². The predicted molar refractivity (Wildman–Crippen MR) is 131 cm³/mol. The monoisotopic (exact) mass is 440 g/mol. The number of aromatic nitrogens is 2. The van der Waals surface area contributed by atoms with E-state index in [-0.39, 0.29) is 11.9 Å². The lowest BCUT2D eigenvalue weighted by Crippen LogP contribution is -2.55. The molecule has 1 aromatic heterocycles. The molecule has 2 heterocycles. The summed E-state index contributed by atoms with van der Waals surface area (Å²) in [6.45, 7) is 6.25. The van der Waals surface area contributed by atoms with Crippen LogP contribution >= 0.6 is 0 Å². The zero-order valence-corrected chi connectivity index (χ0v) is 19.0. The maximum absolute atomic E-state index is 15.0. The molecular formula is C28H29FN4. The fourth-order valence-corrected chi connectivity index (χ4v) is 5.01. The van der Waals surface area contributed by atoms with Gasteiger partial charge < -0.3 is 5.32 Å². The summed E-state index contributed by atoms with van der Waals surface area (Å²) >= 11 is 0. The molecule has 1 fully saturated rings. The smallest absolute Gasteiger partial charge is 0.131 e. The molecule has 0 spiro atoms. The van der Waals surface area contributed by atoms with E-state index in [9.17, 15) is 0 Å². The van der Waals surface area contributed by atoms with Gasteiger partial charge in [0.2, 0.25) is 0 Å². The van der Waals surface area contributed by atoms with E-state index in [1.807, 2.05) is 54.9 Å². The van der Waals surface area contributed by atoms with Crippen molar-refractivity contribution in [2.45, 2.75) is 32.0 Å². The van der Waals surface area contributed by atoms with Crippen LogP contribution in [0.2, 0.25) is 0 Å². The Kier molecular flexibility index (Phi) is 6.07. The number of H-pyrrole nitrogens is 1. The maximum Gasteiger partial charge on any atom is 0.131 e. The summed E-state index contributed by atoms with van der Waals surface area (Å²) in [6.07, 6.45) is 3.82. The molecule has 0 saturated carbocycles. The van der Waals surface area contributed by atoms with Crippen molar-refractivity contribution < 1.29 is 4.39 Å². The minimum absolute atomic E-state index is 0.0127. The zero-order valence-electron chi connectivity index (χ0n) is 19.0. The first-order chi connectivity index (χ1) is 16.1. The van der Waals surface area contributed by atoms with Gasteiger partial charge in [-0.05, 0) is 48.2 Å². The topological polar surface area (TPSA) is 44.0 Å². The normalized spacial score (nSPS) is 20.0. The third-order valence-electron chi connectivity index (χ3n) is 6.40. The standard InChI is InChI=1S/C28H29FN4/c1-19-17-33(18-20(2)32-19)28(25-15-30-31-16-25)24-12-13-27(29)26(14-24)23-10-8-22(9-11-23)21-6-4-3-5-7-21/h3-16,19-20,28,32H,17-18H2,1-2H3,(H,30,31). The Hall–Kier alpha value is -3.28. The number of benzene rings is 3. The van der Waals surface area contributed by atoms with Crippen LogP contribution in [0.5, 0.6) is 0 Å². The summed E-state index contributed by atoms with van der Waals surface area (Å²) in [5.41, 5.74) is 5.93. The molecule has 4 nitrogen and oxygen atoms in total. The minimum Gasteiger partial charge on any atom is -0.309 e. The highest BCUT2D eigenvalue weighted by Gasteiger charge is 2.30. The third-order valence-corrected chi connectivity index (χ3v) is 6.40. The molecule has 168 valence electrons. The molecule has 3 unspecified atom stereocenters. The lowest BCUT2D eigenvalue weighted by molar-refractivity contribution is 0.141. The van der Waals surface area contributed by atoms with E-state index in [1.54, 1.807) is 6.07 Å². The van der Waals surface area contributed by atoms with Crippen molar-refractivity contribution in [2.75, 3.05) is 13.1 Å². The zero-order chi connectivity index (χ0) is 22.8. The predicted octanol–water partition coefficient (Wildman–Crippen LogP) is 5.65. The Bertz CT molecular complexity index is 1180. The van der Waals surface area contributed by atoms with Crippen LogP contribution in [0.3, 0.4) is 0 Å². The van der Waals surface area contributed by atoms with Crippen molar-refractivity contribution >= 4 is 0 Å². The fourth-order valence-electron chi connectivity index (χ4n) is 5.01. The van der Waals surface area contributed by atoms with E-state index < -0.39 is 0 Å². The lowest BCUT2D eigenvalue weighted by atomic mass is 9.93. The van der Waals surface area contributed by atoms with E-state index >= 15 is 4.39 Å². The number of nitrogens with one attached hydrogen (secondary N) is 2. The first-order valence-corrected chi connectivity index (χ1v) is 11.5. The van der Waals surface area contributed by atoms with E-state index in [0.717, 1.165) is 40.9 Å². The van der Waals surface area contributed by atoms with Crippen LogP contribution in [0.15, 0.2) is 85.2 Å². The third kappa shape index (κ3) is 4.61. The number of piperazine rings is 1. The summed E-state index contributed by atoms with van der Waals surface area (Å²) in [6, 6.07) is 24.7. The van der Waals surface area contributed by atoms with Crippen LogP contribution in [0, 0.1) is 5.82 Å². The molecule has 0 aliphatic carbocycles. The van der Waals surface area contributed by atoms with E-state index in [2.05, 4.69) is 58.5 Å². The highest BCUT2D eigenvalue weighted by atomic mass is 19.1. The van der Waals surface area contributed by atoms with Gasteiger partial charge in [0.15, 0.2) is 0 Å².